The molecule has 0 unspecified atom stereocenters. The van der Waals surface area contributed by atoms with Crippen molar-refractivity contribution in [3.8, 4) is 5.75 Å². The van der Waals surface area contributed by atoms with Gasteiger partial charge in [-0.25, -0.2) is 23.1 Å². The van der Waals surface area contributed by atoms with E-state index in [1.807, 2.05) is 13.0 Å². The Bertz CT molecular complexity index is 1230. The number of anilines is 2. The minimum Gasteiger partial charge on any atom is -0.494 e. The number of aromatic nitrogens is 2. The van der Waals surface area contributed by atoms with Gasteiger partial charge in [0.2, 0.25) is 11.9 Å². The van der Waals surface area contributed by atoms with Gasteiger partial charge in [-0.3, -0.25) is 4.79 Å². The van der Waals surface area contributed by atoms with Gasteiger partial charge in [0.15, 0.2) is 0 Å². The molecule has 0 radical (unpaired) electrons. The maximum absolute atomic E-state index is 12.6. The SMILES string of the molecule is Cc1cc(C)nc(NS(=O)(=O)c2ccc(NC(=O)CCCOc3ccc(Cl)c(C)c3)cc2)n1. The first-order chi connectivity index (χ1) is 15.6. The molecule has 3 rings (SSSR count). The summed E-state index contributed by atoms with van der Waals surface area (Å²) in [5.41, 5.74) is 2.74. The number of rotatable bonds is 9. The number of nitrogens with one attached hydrogen (secondary N) is 2. The predicted molar refractivity (Wildman–Crippen MR) is 128 cm³/mol. The lowest BCUT2D eigenvalue weighted by Crippen LogP contribution is -2.16. The van der Waals surface area contributed by atoms with Crippen LogP contribution >= 0.6 is 11.6 Å². The zero-order chi connectivity index (χ0) is 24.0. The third kappa shape index (κ3) is 7.16. The van der Waals surface area contributed by atoms with Gasteiger partial charge in [0.25, 0.3) is 10.0 Å². The van der Waals surface area contributed by atoms with Crippen LogP contribution in [0.2, 0.25) is 5.02 Å². The Hall–Kier alpha value is -3.17. The Morgan fingerprint density at radius 3 is 2.30 bits per heavy atom. The number of halogens is 1. The van der Waals surface area contributed by atoms with E-state index in [0.29, 0.717) is 40.9 Å². The van der Waals surface area contributed by atoms with E-state index in [1.54, 1.807) is 32.0 Å². The summed E-state index contributed by atoms with van der Waals surface area (Å²) in [5, 5.41) is 3.42. The monoisotopic (exact) mass is 488 g/mol. The minimum atomic E-state index is -3.85. The van der Waals surface area contributed by atoms with Gasteiger partial charge < -0.3 is 10.1 Å². The highest BCUT2D eigenvalue weighted by Crippen LogP contribution is 2.21. The number of sulfonamides is 1. The van der Waals surface area contributed by atoms with Crippen molar-refractivity contribution in [2.24, 2.45) is 0 Å². The maximum Gasteiger partial charge on any atom is 0.264 e. The molecule has 3 aromatic rings. The Balaban J connectivity index is 1.49. The van der Waals surface area contributed by atoms with Gasteiger partial charge in [-0.05, 0) is 81.3 Å². The Morgan fingerprint density at radius 2 is 1.67 bits per heavy atom. The molecule has 0 saturated carbocycles. The summed E-state index contributed by atoms with van der Waals surface area (Å²) in [6.07, 6.45) is 0.790. The lowest BCUT2D eigenvalue weighted by molar-refractivity contribution is -0.116. The number of amides is 1. The van der Waals surface area contributed by atoms with Crippen molar-refractivity contribution in [2.45, 2.75) is 38.5 Å². The summed E-state index contributed by atoms with van der Waals surface area (Å²) in [6, 6.07) is 13.0. The van der Waals surface area contributed by atoms with Crippen LogP contribution in [0.25, 0.3) is 0 Å². The highest BCUT2D eigenvalue weighted by Gasteiger charge is 2.16. The van der Waals surface area contributed by atoms with Crippen molar-refractivity contribution in [1.29, 1.82) is 0 Å². The number of aryl methyl sites for hydroxylation is 3. The fourth-order valence-corrected chi connectivity index (χ4v) is 4.08. The molecule has 10 heteroatoms. The summed E-state index contributed by atoms with van der Waals surface area (Å²) < 4.78 is 33.2. The fourth-order valence-electron chi connectivity index (χ4n) is 3.02. The van der Waals surface area contributed by atoms with Gasteiger partial charge in [-0.15, -0.1) is 0 Å². The van der Waals surface area contributed by atoms with Crippen molar-refractivity contribution >= 4 is 39.2 Å². The molecule has 0 atom stereocenters. The van der Waals surface area contributed by atoms with Crippen LogP contribution in [-0.4, -0.2) is 30.9 Å². The average Bonchev–Trinajstić information content (AvgIpc) is 2.73. The summed E-state index contributed by atoms with van der Waals surface area (Å²) in [6.45, 7) is 5.80. The van der Waals surface area contributed by atoms with E-state index < -0.39 is 10.0 Å². The van der Waals surface area contributed by atoms with Crippen LogP contribution in [-0.2, 0) is 14.8 Å². The Kier molecular flexibility index (Phi) is 7.88. The Labute approximate surface area is 198 Å². The number of hydrogen-bond acceptors (Lipinski definition) is 6. The van der Waals surface area contributed by atoms with E-state index >= 15 is 0 Å². The van der Waals surface area contributed by atoms with Crippen LogP contribution in [0.4, 0.5) is 11.6 Å². The molecule has 33 heavy (non-hydrogen) atoms. The number of hydrogen-bond donors (Lipinski definition) is 2. The summed E-state index contributed by atoms with van der Waals surface area (Å²) in [5.74, 6) is 0.526. The van der Waals surface area contributed by atoms with Gasteiger partial charge in [0.05, 0.1) is 11.5 Å². The molecule has 0 aliphatic heterocycles. The maximum atomic E-state index is 12.6. The quantitative estimate of drug-likeness (QED) is 0.424. The largest absolute Gasteiger partial charge is 0.494 e. The standard InChI is InChI=1S/C23H25ClN4O4S/c1-15-13-19(8-11-21(15)24)32-12-4-5-22(29)27-18-6-9-20(10-7-18)33(30,31)28-23-25-16(2)14-17(3)26-23/h6-11,13-14H,4-5,12H2,1-3H3,(H,27,29)(H,25,26,28). The van der Waals surface area contributed by atoms with Crippen molar-refractivity contribution in [3.63, 3.8) is 0 Å². The number of ether oxygens (including phenoxy) is 1. The second kappa shape index (κ2) is 10.6. The molecule has 1 heterocycles. The first kappa shape index (κ1) is 24.5. The van der Waals surface area contributed by atoms with Crippen LogP contribution in [0.15, 0.2) is 53.4 Å². The molecule has 2 N–H and O–H groups in total. The van der Waals surface area contributed by atoms with Gasteiger partial charge in [-0.1, -0.05) is 11.6 Å². The number of carbonyl (C=O) groups is 1. The van der Waals surface area contributed by atoms with Gasteiger partial charge in [-0.2, -0.15) is 0 Å². The molecule has 2 aromatic carbocycles. The fraction of sp³-hybridized carbons (Fsp3) is 0.261. The molecular formula is C23H25ClN4O4S. The van der Waals surface area contributed by atoms with Crippen LogP contribution in [0.5, 0.6) is 5.75 Å². The molecule has 174 valence electrons. The lowest BCUT2D eigenvalue weighted by atomic mass is 10.2. The summed E-state index contributed by atoms with van der Waals surface area (Å²) >= 11 is 5.99. The van der Waals surface area contributed by atoms with E-state index in [4.69, 9.17) is 16.3 Å². The van der Waals surface area contributed by atoms with Crippen molar-refractivity contribution in [1.82, 2.24) is 9.97 Å². The molecule has 8 nitrogen and oxygen atoms in total. The normalized spacial score (nSPS) is 11.2. The molecule has 0 aliphatic rings. The molecular weight excluding hydrogens is 464 g/mol. The van der Waals surface area contributed by atoms with E-state index in [-0.39, 0.29) is 23.2 Å². The first-order valence-corrected chi connectivity index (χ1v) is 12.1. The van der Waals surface area contributed by atoms with Crippen molar-refractivity contribution in [2.75, 3.05) is 16.6 Å². The number of nitrogens with zero attached hydrogens (tertiary/aromatic N) is 2. The van der Waals surface area contributed by atoms with Crippen LogP contribution in [0.3, 0.4) is 0 Å². The van der Waals surface area contributed by atoms with E-state index in [9.17, 15) is 13.2 Å². The Morgan fingerprint density at radius 1 is 1.00 bits per heavy atom. The van der Waals surface area contributed by atoms with E-state index in [1.165, 1.54) is 24.3 Å². The summed E-state index contributed by atoms with van der Waals surface area (Å²) in [4.78, 5) is 20.4. The number of benzene rings is 2. The third-order valence-electron chi connectivity index (χ3n) is 4.60. The van der Waals surface area contributed by atoms with Crippen LogP contribution in [0, 0.1) is 20.8 Å². The molecule has 1 aromatic heterocycles. The molecule has 1 amide bonds. The molecule has 0 aliphatic carbocycles. The molecule has 0 fully saturated rings. The van der Waals surface area contributed by atoms with Gasteiger partial charge >= 0.3 is 0 Å². The van der Waals surface area contributed by atoms with Crippen LogP contribution in [0.1, 0.15) is 29.8 Å². The van der Waals surface area contributed by atoms with Crippen LogP contribution < -0.4 is 14.8 Å². The van der Waals surface area contributed by atoms with E-state index in [2.05, 4.69) is 20.0 Å². The van der Waals surface area contributed by atoms with Gasteiger partial charge in [0, 0.05) is 28.5 Å². The van der Waals surface area contributed by atoms with Crippen molar-refractivity contribution in [3.05, 3.63) is 70.5 Å². The second-order valence-corrected chi connectivity index (χ2v) is 9.60. The average molecular weight is 489 g/mol. The highest BCUT2D eigenvalue weighted by molar-refractivity contribution is 7.92. The van der Waals surface area contributed by atoms with E-state index in [0.717, 1.165) is 5.56 Å². The van der Waals surface area contributed by atoms with Crippen molar-refractivity contribution < 1.29 is 17.9 Å². The third-order valence-corrected chi connectivity index (χ3v) is 6.37. The smallest absolute Gasteiger partial charge is 0.264 e. The summed E-state index contributed by atoms with van der Waals surface area (Å²) in [7, 11) is -3.85. The zero-order valence-electron chi connectivity index (χ0n) is 18.6. The lowest BCUT2D eigenvalue weighted by Gasteiger charge is -2.10. The topological polar surface area (TPSA) is 110 Å². The minimum absolute atomic E-state index is 0.0147. The predicted octanol–water partition coefficient (Wildman–Crippen LogP) is 4.65. The molecule has 0 spiro atoms. The van der Waals surface area contributed by atoms with Gasteiger partial charge in [0.1, 0.15) is 5.75 Å². The molecule has 0 bridgehead atoms. The second-order valence-electron chi connectivity index (χ2n) is 7.52. The zero-order valence-corrected chi connectivity index (χ0v) is 20.1. The highest BCUT2D eigenvalue weighted by atomic mass is 35.5. The number of carbonyl (C=O) groups excluding carboxylic acids is 1. The first-order valence-electron chi connectivity index (χ1n) is 10.3. The molecule has 0 saturated heterocycles.